The van der Waals surface area contributed by atoms with E-state index in [2.05, 4.69) is 24.3 Å². The quantitative estimate of drug-likeness (QED) is 0.585. The first-order chi connectivity index (χ1) is 10.2. The van der Waals surface area contributed by atoms with Crippen molar-refractivity contribution in [3.63, 3.8) is 0 Å². The van der Waals surface area contributed by atoms with Gasteiger partial charge in [0.25, 0.3) is 0 Å². The van der Waals surface area contributed by atoms with Gasteiger partial charge in [0, 0.05) is 0 Å². The van der Waals surface area contributed by atoms with Crippen LogP contribution in [0, 0.1) is 23.7 Å². The number of hydrogen-bond donors (Lipinski definition) is 0. The summed E-state index contributed by atoms with van der Waals surface area (Å²) in [5.41, 5.74) is 3.48. The van der Waals surface area contributed by atoms with Crippen molar-refractivity contribution in [3.05, 3.63) is 41.5 Å². The molecule has 2 fully saturated rings. The summed E-state index contributed by atoms with van der Waals surface area (Å²) in [6.45, 7) is 0. The molecule has 4 atom stereocenters. The SMILES string of the molecule is O=C1[C@@H]2[C@H](C(=O)N1c1ccc3c(c1)CCC3)[C@@H]1C=C[C@H]2C1. The van der Waals surface area contributed by atoms with Gasteiger partial charge in [-0.3, -0.25) is 14.5 Å². The maximum atomic E-state index is 12.8. The van der Waals surface area contributed by atoms with E-state index in [1.807, 2.05) is 6.07 Å². The van der Waals surface area contributed by atoms with Crippen LogP contribution in [0.2, 0.25) is 0 Å². The largest absolute Gasteiger partial charge is 0.274 e. The Bertz CT molecular complexity index is 675. The number of rotatable bonds is 1. The van der Waals surface area contributed by atoms with E-state index in [-0.39, 0.29) is 35.5 Å². The van der Waals surface area contributed by atoms with E-state index in [1.165, 1.54) is 22.4 Å². The first-order valence-corrected chi connectivity index (χ1v) is 7.92. The Kier molecular flexibility index (Phi) is 2.15. The lowest BCUT2D eigenvalue weighted by Crippen LogP contribution is -2.32. The molecular weight excluding hydrogens is 262 g/mol. The number of hydrogen-bond acceptors (Lipinski definition) is 2. The highest BCUT2D eigenvalue weighted by atomic mass is 16.2. The minimum absolute atomic E-state index is 0.0276. The lowest BCUT2D eigenvalue weighted by atomic mass is 9.85. The molecule has 1 aliphatic heterocycles. The number of fused-ring (bicyclic) bond motifs is 6. The van der Waals surface area contributed by atoms with Crippen molar-refractivity contribution in [2.45, 2.75) is 25.7 Å². The third-order valence-corrected chi connectivity index (χ3v) is 5.81. The summed E-state index contributed by atoms with van der Waals surface area (Å²) in [7, 11) is 0. The molecule has 3 heteroatoms. The van der Waals surface area contributed by atoms with Crippen LogP contribution < -0.4 is 4.90 Å². The van der Waals surface area contributed by atoms with Crippen molar-refractivity contribution in [2.75, 3.05) is 4.90 Å². The van der Waals surface area contributed by atoms with Crippen molar-refractivity contribution >= 4 is 17.5 Å². The predicted molar refractivity (Wildman–Crippen MR) is 78.7 cm³/mol. The molecule has 1 aromatic rings. The van der Waals surface area contributed by atoms with Gasteiger partial charge in [-0.2, -0.15) is 0 Å². The summed E-state index contributed by atoms with van der Waals surface area (Å²) in [5.74, 6) is 0.438. The fourth-order valence-electron chi connectivity index (χ4n) is 4.85. The molecule has 2 bridgehead atoms. The van der Waals surface area contributed by atoms with Crippen molar-refractivity contribution in [1.29, 1.82) is 0 Å². The molecule has 0 N–H and O–H groups in total. The number of aryl methyl sites for hydroxylation is 2. The van der Waals surface area contributed by atoms with E-state index in [4.69, 9.17) is 0 Å². The monoisotopic (exact) mass is 279 g/mol. The molecule has 21 heavy (non-hydrogen) atoms. The zero-order valence-electron chi connectivity index (χ0n) is 11.8. The maximum absolute atomic E-state index is 12.8. The van der Waals surface area contributed by atoms with Crippen molar-refractivity contribution < 1.29 is 9.59 Å². The average Bonchev–Trinajstić information content (AvgIpc) is 3.22. The lowest BCUT2D eigenvalue weighted by molar-refractivity contribution is -0.123. The number of anilines is 1. The lowest BCUT2D eigenvalue weighted by Gasteiger charge is -2.18. The predicted octanol–water partition coefficient (Wildman–Crippen LogP) is 2.49. The van der Waals surface area contributed by atoms with Crippen LogP contribution in [0.3, 0.4) is 0 Å². The molecule has 1 aromatic carbocycles. The molecular formula is C18H17NO2. The highest BCUT2D eigenvalue weighted by molar-refractivity contribution is 6.22. The normalized spacial score (nSPS) is 35.7. The van der Waals surface area contributed by atoms with E-state index in [9.17, 15) is 9.59 Å². The molecule has 0 unspecified atom stereocenters. The van der Waals surface area contributed by atoms with Crippen LogP contribution in [0.4, 0.5) is 5.69 Å². The highest BCUT2D eigenvalue weighted by Crippen LogP contribution is 2.53. The van der Waals surface area contributed by atoms with E-state index in [0.717, 1.165) is 24.9 Å². The molecule has 1 saturated heterocycles. The molecule has 2 amide bonds. The van der Waals surface area contributed by atoms with Crippen LogP contribution in [0.25, 0.3) is 0 Å². The summed E-state index contributed by atoms with van der Waals surface area (Å²) in [6, 6.07) is 6.12. The summed E-state index contributed by atoms with van der Waals surface area (Å²) in [5, 5.41) is 0. The number of imide groups is 1. The van der Waals surface area contributed by atoms with Gasteiger partial charge in [-0.05, 0) is 60.8 Å². The molecule has 1 heterocycles. The van der Waals surface area contributed by atoms with Crippen LogP contribution in [0.5, 0.6) is 0 Å². The number of carbonyl (C=O) groups is 2. The van der Waals surface area contributed by atoms with Crippen LogP contribution in [-0.2, 0) is 22.4 Å². The van der Waals surface area contributed by atoms with Crippen molar-refractivity contribution in [1.82, 2.24) is 0 Å². The van der Waals surface area contributed by atoms with Gasteiger partial charge in [0.1, 0.15) is 0 Å². The molecule has 0 radical (unpaired) electrons. The number of allylic oxidation sites excluding steroid dienone is 2. The number of carbonyl (C=O) groups excluding carboxylic acids is 2. The Morgan fingerprint density at radius 2 is 1.57 bits per heavy atom. The zero-order valence-corrected chi connectivity index (χ0v) is 11.8. The Balaban J connectivity index is 1.56. The molecule has 3 aliphatic carbocycles. The number of benzene rings is 1. The Hall–Kier alpha value is -1.90. The van der Waals surface area contributed by atoms with Gasteiger partial charge in [-0.15, -0.1) is 0 Å². The van der Waals surface area contributed by atoms with Gasteiger partial charge in [-0.25, -0.2) is 0 Å². The van der Waals surface area contributed by atoms with Gasteiger partial charge in [0.05, 0.1) is 17.5 Å². The first kappa shape index (κ1) is 11.7. The van der Waals surface area contributed by atoms with Gasteiger partial charge >= 0.3 is 0 Å². The van der Waals surface area contributed by atoms with Crippen LogP contribution in [-0.4, -0.2) is 11.8 Å². The molecule has 5 rings (SSSR count). The van der Waals surface area contributed by atoms with Gasteiger partial charge in [-0.1, -0.05) is 18.2 Å². The fraction of sp³-hybridized carbons (Fsp3) is 0.444. The molecule has 106 valence electrons. The Morgan fingerprint density at radius 1 is 0.905 bits per heavy atom. The van der Waals surface area contributed by atoms with Gasteiger partial charge < -0.3 is 0 Å². The van der Waals surface area contributed by atoms with Crippen LogP contribution in [0.15, 0.2) is 30.4 Å². The van der Waals surface area contributed by atoms with E-state index < -0.39 is 0 Å². The Labute approximate surface area is 123 Å². The minimum Gasteiger partial charge on any atom is -0.274 e. The second-order valence-corrected chi connectivity index (χ2v) is 6.82. The summed E-state index contributed by atoms with van der Waals surface area (Å²) in [4.78, 5) is 27.0. The highest BCUT2D eigenvalue weighted by Gasteiger charge is 2.59. The minimum atomic E-state index is -0.0965. The van der Waals surface area contributed by atoms with Gasteiger partial charge in [0.15, 0.2) is 0 Å². The Morgan fingerprint density at radius 3 is 2.29 bits per heavy atom. The topological polar surface area (TPSA) is 37.4 Å². The van der Waals surface area contributed by atoms with E-state index >= 15 is 0 Å². The summed E-state index contributed by atoms with van der Waals surface area (Å²) < 4.78 is 0. The summed E-state index contributed by atoms with van der Waals surface area (Å²) >= 11 is 0. The third-order valence-electron chi connectivity index (χ3n) is 5.81. The van der Waals surface area contributed by atoms with Crippen molar-refractivity contribution in [3.8, 4) is 0 Å². The molecule has 1 saturated carbocycles. The smallest absolute Gasteiger partial charge is 0.238 e. The maximum Gasteiger partial charge on any atom is 0.238 e. The number of nitrogens with zero attached hydrogens (tertiary/aromatic N) is 1. The van der Waals surface area contributed by atoms with E-state index in [0.29, 0.717) is 0 Å². The van der Waals surface area contributed by atoms with Gasteiger partial charge in [0.2, 0.25) is 11.8 Å². The summed E-state index contributed by atoms with van der Waals surface area (Å²) in [6.07, 6.45) is 8.65. The zero-order chi connectivity index (χ0) is 14.1. The number of amides is 2. The third kappa shape index (κ3) is 1.39. The second kappa shape index (κ2) is 3.85. The standard InChI is InChI=1S/C18H17NO2/c20-17-15-12-4-5-13(8-12)16(15)18(21)19(17)14-7-6-10-2-1-3-11(10)9-14/h4-7,9,12-13,15-16H,1-3,8H2/t12-,13+,15-,16+. The average molecular weight is 279 g/mol. The molecule has 0 spiro atoms. The van der Waals surface area contributed by atoms with E-state index in [1.54, 1.807) is 0 Å². The van der Waals surface area contributed by atoms with Crippen molar-refractivity contribution in [2.24, 2.45) is 23.7 Å². The van der Waals surface area contributed by atoms with Crippen LogP contribution in [0.1, 0.15) is 24.0 Å². The molecule has 4 aliphatic rings. The molecule has 0 aromatic heterocycles. The second-order valence-electron chi connectivity index (χ2n) is 6.82. The van der Waals surface area contributed by atoms with Crippen LogP contribution >= 0.6 is 0 Å². The molecule has 3 nitrogen and oxygen atoms in total. The first-order valence-electron chi connectivity index (χ1n) is 7.92. The fourth-order valence-corrected chi connectivity index (χ4v) is 4.85.